The normalized spacial score (nSPS) is 18.0. The van der Waals surface area contributed by atoms with Gasteiger partial charge in [0.15, 0.2) is 11.5 Å². The van der Waals surface area contributed by atoms with E-state index in [1.807, 2.05) is 25.1 Å². The predicted molar refractivity (Wildman–Crippen MR) is 161 cm³/mol. The van der Waals surface area contributed by atoms with Crippen LogP contribution in [0, 0.1) is 5.92 Å². The number of aliphatic hydroxyl groups is 1. The molecule has 0 aliphatic carbocycles. The summed E-state index contributed by atoms with van der Waals surface area (Å²) in [5, 5.41) is 18.3. The van der Waals surface area contributed by atoms with Gasteiger partial charge in [0, 0.05) is 42.6 Å². The molecule has 0 saturated carbocycles. The van der Waals surface area contributed by atoms with Crippen molar-refractivity contribution in [2.45, 2.75) is 26.0 Å². The molecule has 3 aromatic rings. The molecule has 43 heavy (non-hydrogen) atoms. The van der Waals surface area contributed by atoms with Crippen LogP contribution in [0.3, 0.4) is 0 Å². The topological polar surface area (TPSA) is 142 Å². The molecule has 2 aliphatic rings. The molecule has 226 valence electrons. The molecule has 2 aliphatic heterocycles. The molecule has 2 heterocycles. The Hall–Kier alpha value is -4.97. The molecular formula is C31H35N5O7. The predicted octanol–water partition coefficient (Wildman–Crippen LogP) is 4.44. The van der Waals surface area contributed by atoms with E-state index in [2.05, 4.69) is 16.0 Å². The maximum Gasteiger partial charge on any atom is 0.323 e. The second-order valence-corrected chi connectivity index (χ2v) is 10.7. The molecule has 0 saturated heterocycles. The molecule has 5 amide bonds. The van der Waals surface area contributed by atoms with Crippen LogP contribution in [0.2, 0.25) is 0 Å². The van der Waals surface area contributed by atoms with Crippen LogP contribution in [0.4, 0.5) is 26.7 Å². The number of nitrogens with one attached hydrogen (secondary N) is 3. The van der Waals surface area contributed by atoms with Crippen LogP contribution in [0.15, 0.2) is 66.7 Å². The second kappa shape index (κ2) is 12.9. The molecule has 0 spiro atoms. The lowest BCUT2D eigenvalue weighted by atomic mass is 9.99. The molecular weight excluding hydrogens is 554 g/mol. The van der Waals surface area contributed by atoms with Crippen LogP contribution in [0.1, 0.15) is 24.2 Å². The fourth-order valence-corrected chi connectivity index (χ4v) is 4.88. The molecule has 12 nitrogen and oxygen atoms in total. The maximum absolute atomic E-state index is 13.7. The zero-order chi connectivity index (χ0) is 30.5. The highest BCUT2D eigenvalue weighted by Gasteiger charge is 2.34. The van der Waals surface area contributed by atoms with Gasteiger partial charge < -0.3 is 45.1 Å². The number of likely N-dealkylation sites (N-methyl/N-ethyl adjacent to an activating group) is 1. The van der Waals surface area contributed by atoms with Crippen LogP contribution < -0.4 is 30.2 Å². The van der Waals surface area contributed by atoms with Crippen LogP contribution in [-0.2, 0) is 0 Å². The number of hydrogen-bond acceptors (Lipinski definition) is 7. The number of urea groups is 2. The number of benzene rings is 3. The molecule has 4 N–H and O–H groups in total. The first kappa shape index (κ1) is 29.5. The third-order valence-electron chi connectivity index (χ3n) is 7.38. The number of para-hydroxylation sites is 1. The van der Waals surface area contributed by atoms with Crippen molar-refractivity contribution >= 4 is 35.0 Å². The first-order chi connectivity index (χ1) is 20.7. The summed E-state index contributed by atoms with van der Waals surface area (Å²) in [6.07, 6.45) is -0.493. The van der Waals surface area contributed by atoms with Gasteiger partial charge in [0.05, 0.1) is 24.8 Å². The van der Waals surface area contributed by atoms with E-state index in [-0.39, 0.29) is 49.9 Å². The second-order valence-electron chi connectivity index (χ2n) is 10.7. The number of anilines is 3. The Morgan fingerprint density at radius 2 is 1.63 bits per heavy atom. The van der Waals surface area contributed by atoms with E-state index < -0.39 is 18.2 Å². The summed E-state index contributed by atoms with van der Waals surface area (Å²) in [4.78, 5) is 42.5. The Bertz CT molecular complexity index is 1480. The highest BCUT2D eigenvalue weighted by atomic mass is 16.7. The average molecular weight is 590 g/mol. The molecule has 0 bridgehead atoms. The fraction of sp³-hybridized carbons (Fsp3) is 0.323. The summed E-state index contributed by atoms with van der Waals surface area (Å²) in [5.74, 6) is 0.968. The molecule has 3 atom stereocenters. The minimum Gasteiger partial charge on any atom is -0.487 e. The average Bonchev–Trinajstić information content (AvgIpc) is 3.47. The summed E-state index contributed by atoms with van der Waals surface area (Å²) in [6, 6.07) is 17.7. The SMILES string of the molecule is C[C@@H]1CN([C@@H](C)CO)C(=O)c2cc(NC(=O)Nc3ccccc3)ccc2O[C@H]1CN(C)C(=O)Nc1ccc2c(c1)OCO2. The number of amides is 5. The smallest absolute Gasteiger partial charge is 0.323 e. The third-order valence-corrected chi connectivity index (χ3v) is 7.38. The molecule has 0 radical (unpaired) electrons. The number of aliphatic hydroxyl groups excluding tert-OH is 1. The standard InChI is InChI=1S/C31H35N5O7/c1-19-15-36(20(2)17-37)29(38)24-13-22(33-30(39)32-21-7-5-4-6-8-21)9-11-25(24)43-28(19)16-35(3)31(40)34-23-10-12-26-27(14-23)42-18-41-26/h4-14,19-20,28,37H,15-18H2,1-3H3,(H,34,40)(H2,32,33,39)/t19-,20+,28+/m1/s1. The van der Waals surface area contributed by atoms with E-state index in [0.717, 1.165) is 0 Å². The number of fused-ring (bicyclic) bond motifs is 2. The molecule has 0 fully saturated rings. The van der Waals surface area contributed by atoms with Gasteiger partial charge >= 0.3 is 12.1 Å². The van der Waals surface area contributed by atoms with Crippen LogP contribution >= 0.6 is 0 Å². The Labute approximate surface area is 249 Å². The van der Waals surface area contributed by atoms with Gasteiger partial charge in [-0.3, -0.25) is 4.79 Å². The van der Waals surface area contributed by atoms with Gasteiger partial charge in [-0.25, -0.2) is 9.59 Å². The van der Waals surface area contributed by atoms with Crippen molar-refractivity contribution in [1.82, 2.24) is 9.80 Å². The number of carbonyl (C=O) groups excluding carboxylic acids is 3. The molecule has 12 heteroatoms. The lowest BCUT2D eigenvalue weighted by Crippen LogP contribution is -2.50. The minimum atomic E-state index is -0.493. The van der Waals surface area contributed by atoms with Crippen LogP contribution in [-0.4, -0.2) is 78.6 Å². The summed E-state index contributed by atoms with van der Waals surface area (Å²) in [7, 11) is 1.66. The molecule has 0 unspecified atom stereocenters. The monoisotopic (exact) mass is 589 g/mol. The number of nitrogens with zero attached hydrogens (tertiary/aromatic N) is 2. The first-order valence-corrected chi connectivity index (χ1v) is 14.0. The van der Waals surface area contributed by atoms with Gasteiger partial charge in [-0.05, 0) is 49.4 Å². The summed E-state index contributed by atoms with van der Waals surface area (Å²) < 4.78 is 17.1. The summed E-state index contributed by atoms with van der Waals surface area (Å²) >= 11 is 0. The van der Waals surface area contributed by atoms with Gasteiger partial charge in [-0.15, -0.1) is 0 Å². The lowest BCUT2D eigenvalue weighted by Gasteiger charge is -2.38. The first-order valence-electron chi connectivity index (χ1n) is 14.0. The number of hydrogen-bond donors (Lipinski definition) is 4. The van der Waals surface area contributed by atoms with Gasteiger partial charge in [-0.2, -0.15) is 0 Å². The Morgan fingerprint density at radius 1 is 0.953 bits per heavy atom. The van der Waals surface area contributed by atoms with E-state index in [4.69, 9.17) is 14.2 Å². The van der Waals surface area contributed by atoms with Gasteiger partial charge in [-0.1, -0.05) is 25.1 Å². The zero-order valence-electron chi connectivity index (χ0n) is 24.2. The summed E-state index contributed by atoms with van der Waals surface area (Å²) in [6.45, 7) is 4.11. The van der Waals surface area contributed by atoms with E-state index in [9.17, 15) is 19.5 Å². The molecule has 5 rings (SSSR count). The summed E-state index contributed by atoms with van der Waals surface area (Å²) in [5.41, 5.74) is 1.81. The largest absolute Gasteiger partial charge is 0.487 e. The Balaban J connectivity index is 1.33. The zero-order valence-corrected chi connectivity index (χ0v) is 24.2. The van der Waals surface area contributed by atoms with Crippen molar-refractivity contribution in [2.24, 2.45) is 5.92 Å². The van der Waals surface area contributed by atoms with Crippen molar-refractivity contribution in [3.05, 3.63) is 72.3 Å². The highest BCUT2D eigenvalue weighted by molar-refractivity contribution is 6.02. The van der Waals surface area contributed by atoms with Crippen molar-refractivity contribution in [3.8, 4) is 17.2 Å². The van der Waals surface area contributed by atoms with Crippen molar-refractivity contribution < 1.29 is 33.7 Å². The number of rotatable bonds is 7. The fourth-order valence-electron chi connectivity index (χ4n) is 4.88. The Morgan fingerprint density at radius 3 is 2.37 bits per heavy atom. The van der Waals surface area contributed by atoms with Crippen molar-refractivity contribution in [1.29, 1.82) is 0 Å². The van der Waals surface area contributed by atoms with E-state index in [1.54, 1.807) is 67.4 Å². The lowest BCUT2D eigenvalue weighted by molar-refractivity contribution is 0.0371. The van der Waals surface area contributed by atoms with Crippen LogP contribution in [0.5, 0.6) is 17.2 Å². The quantitative estimate of drug-likeness (QED) is 0.319. The highest BCUT2D eigenvalue weighted by Crippen LogP contribution is 2.34. The Kier molecular flexibility index (Phi) is 8.86. The number of ether oxygens (including phenoxy) is 3. The number of carbonyl (C=O) groups is 3. The van der Waals surface area contributed by atoms with Crippen molar-refractivity contribution in [3.63, 3.8) is 0 Å². The third kappa shape index (κ3) is 6.92. The molecule has 3 aromatic carbocycles. The van der Waals surface area contributed by atoms with Gasteiger partial charge in [0.2, 0.25) is 6.79 Å². The molecule has 0 aromatic heterocycles. The maximum atomic E-state index is 13.7. The van der Waals surface area contributed by atoms with E-state index >= 15 is 0 Å². The van der Waals surface area contributed by atoms with E-state index in [1.165, 1.54) is 4.90 Å². The van der Waals surface area contributed by atoms with E-state index in [0.29, 0.717) is 34.3 Å². The van der Waals surface area contributed by atoms with Gasteiger partial charge in [0.25, 0.3) is 5.91 Å². The van der Waals surface area contributed by atoms with Crippen molar-refractivity contribution in [2.75, 3.05) is 49.5 Å². The minimum absolute atomic E-state index is 0.137. The van der Waals surface area contributed by atoms with Crippen LogP contribution in [0.25, 0.3) is 0 Å². The van der Waals surface area contributed by atoms with Gasteiger partial charge in [0.1, 0.15) is 11.9 Å².